The number of ether oxygens (including phenoxy) is 3. The second-order valence-corrected chi connectivity index (χ2v) is 9.18. The third-order valence-corrected chi connectivity index (χ3v) is 6.69. The van der Waals surface area contributed by atoms with Crippen LogP contribution >= 0.6 is 11.3 Å². The largest absolute Gasteiger partial charge is 0.489 e. The molecule has 0 bridgehead atoms. The summed E-state index contributed by atoms with van der Waals surface area (Å²) in [5, 5.41) is 3.27. The summed E-state index contributed by atoms with van der Waals surface area (Å²) in [5.41, 5.74) is 0.148. The van der Waals surface area contributed by atoms with Gasteiger partial charge in [-0.05, 0) is 48.9 Å². The Hall–Kier alpha value is -2.92. The quantitative estimate of drug-likeness (QED) is 0.449. The molecule has 0 saturated heterocycles. The Kier molecular flexibility index (Phi) is 7.22. The molecule has 2 aromatic heterocycles. The molecule has 0 saturated carbocycles. The van der Waals surface area contributed by atoms with E-state index in [9.17, 15) is 18.0 Å². The van der Waals surface area contributed by atoms with Gasteiger partial charge >= 0.3 is 6.18 Å². The molecule has 0 radical (unpaired) electrons. The number of halogens is 3. The second kappa shape index (κ2) is 10.1. The fourth-order valence-electron chi connectivity index (χ4n) is 3.84. The fraction of sp³-hybridized carbons (Fsp3) is 0.435. The smallest absolute Gasteiger partial charge is 0.416 e. The van der Waals surface area contributed by atoms with Crippen molar-refractivity contribution < 1.29 is 32.2 Å². The molecule has 0 fully saturated rings. The highest BCUT2D eigenvalue weighted by Gasteiger charge is 2.31. The van der Waals surface area contributed by atoms with Crippen LogP contribution in [0, 0.1) is 5.92 Å². The summed E-state index contributed by atoms with van der Waals surface area (Å²) < 4.78 is 55.6. The van der Waals surface area contributed by atoms with Gasteiger partial charge in [-0.3, -0.25) is 4.79 Å². The highest BCUT2D eigenvalue weighted by molar-refractivity contribution is 7.18. The van der Waals surface area contributed by atoms with Gasteiger partial charge in [0, 0.05) is 12.0 Å². The van der Waals surface area contributed by atoms with Gasteiger partial charge in [0.05, 0.1) is 23.2 Å². The average molecular weight is 496 g/mol. The van der Waals surface area contributed by atoms with Gasteiger partial charge in [-0.2, -0.15) is 13.2 Å². The number of benzene rings is 1. The normalized spacial score (nSPS) is 15.7. The number of carbonyl (C=O) groups is 1. The molecule has 1 aromatic carbocycles. The lowest BCUT2D eigenvalue weighted by molar-refractivity contribution is -0.137. The number of hydrogen-bond acceptors (Lipinski definition) is 7. The number of rotatable bonds is 8. The zero-order chi connectivity index (χ0) is 24.3. The zero-order valence-corrected chi connectivity index (χ0v) is 19.5. The number of hydrogen-bond donors (Lipinski definition) is 1. The Morgan fingerprint density at radius 1 is 1.24 bits per heavy atom. The third-order valence-electron chi connectivity index (χ3n) is 5.52. The van der Waals surface area contributed by atoms with Crippen LogP contribution < -0.4 is 14.8 Å². The maximum absolute atomic E-state index is 13.2. The summed E-state index contributed by atoms with van der Waals surface area (Å²) >= 11 is 1.60. The van der Waals surface area contributed by atoms with Crippen LogP contribution in [0.5, 0.6) is 11.6 Å². The van der Waals surface area contributed by atoms with Gasteiger partial charge in [0.2, 0.25) is 5.88 Å². The number of thiophene rings is 1. The Morgan fingerprint density at radius 3 is 2.82 bits per heavy atom. The van der Waals surface area contributed by atoms with Crippen LogP contribution in [0.15, 0.2) is 24.5 Å². The SMILES string of the molecule is COCCOc1ccc(C(F)(F)F)cc1NC(=O)COc1ncnc2sc3c(c12)CCC(C)C3. The van der Waals surface area contributed by atoms with E-state index in [2.05, 4.69) is 22.2 Å². The van der Waals surface area contributed by atoms with Gasteiger partial charge in [-0.25, -0.2) is 9.97 Å². The number of nitrogens with zero attached hydrogens (tertiary/aromatic N) is 2. The van der Waals surface area contributed by atoms with Crippen molar-refractivity contribution in [2.45, 2.75) is 32.4 Å². The fourth-order valence-corrected chi connectivity index (χ4v) is 5.18. The van der Waals surface area contributed by atoms with Crippen LogP contribution in [0.25, 0.3) is 10.2 Å². The van der Waals surface area contributed by atoms with Crippen molar-refractivity contribution in [3.63, 3.8) is 0 Å². The first kappa shape index (κ1) is 24.2. The molecule has 1 amide bonds. The maximum atomic E-state index is 13.2. The summed E-state index contributed by atoms with van der Waals surface area (Å²) in [7, 11) is 1.48. The van der Waals surface area contributed by atoms with E-state index in [0.717, 1.165) is 47.2 Å². The summed E-state index contributed by atoms with van der Waals surface area (Å²) in [6.45, 7) is 2.13. The van der Waals surface area contributed by atoms with Crippen molar-refractivity contribution in [2.75, 3.05) is 32.2 Å². The lowest BCUT2D eigenvalue weighted by Crippen LogP contribution is -2.22. The van der Waals surface area contributed by atoms with Crippen LogP contribution in [0.4, 0.5) is 18.9 Å². The number of amides is 1. The van der Waals surface area contributed by atoms with Crippen molar-refractivity contribution in [1.82, 2.24) is 9.97 Å². The molecular weight excluding hydrogens is 471 g/mol. The highest BCUT2D eigenvalue weighted by atomic mass is 32.1. The number of aromatic nitrogens is 2. The van der Waals surface area contributed by atoms with E-state index in [1.807, 2.05) is 0 Å². The van der Waals surface area contributed by atoms with Gasteiger partial charge in [0.15, 0.2) is 6.61 Å². The Balaban J connectivity index is 1.50. The highest BCUT2D eigenvalue weighted by Crippen LogP contribution is 2.40. The Bertz CT molecular complexity index is 1180. The van der Waals surface area contributed by atoms with Crippen molar-refractivity contribution >= 4 is 33.1 Å². The standard InChI is InChI=1S/C23H24F3N3O4S/c1-13-3-5-15-18(9-13)34-22-20(15)21(27-12-28-22)33-11-19(30)29-16-10-14(23(24,25)26)4-6-17(16)32-8-7-31-2/h4,6,10,12-13H,3,5,7-9,11H2,1-2H3,(H,29,30). The van der Waals surface area contributed by atoms with Gasteiger partial charge in [0.25, 0.3) is 5.91 Å². The number of alkyl halides is 3. The van der Waals surface area contributed by atoms with E-state index in [-0.39, 0.29) is 24.7 Å². The molecule has 11 heteroatoms. The van der Waals surface area contributed by atoms with Gasteiger partial charge < -0.3 is 19.5 Å². The van der Waals surface area contributed by atoms with E-state index in [4.69, 9.17) is 14.2 Å². The molecule has 34 heavy (non-hydrogen) atoms. The van der Waals surface area contributed by atoms with E-state index in [1.54, 1.807) is 11.3 Å². The first-order valence-electron chi connectivity index (χ1n) is 10.8. The number of carbonyl (C=O) groups excluding carboxylic acids is 1. The molecule has 1 unspecified atom stereocenters. The summed E-state index contributed by atoms with van der Waals surface area (Å²) in [5.74, 6) is 0.355. The number of anilines is 1. The molecule has 1 atom stereocenters. The number of aryl methyl sites for hydroxylation is 1. The van der Waals surface area contributed by atoms with Crippen LogP contribution in [0.3, 0.4) is 0 Å². The zero-order valence-electron chi connectivity index (χ0n) is 18.7. The number of fused-ring (bicyclic) bond motifs is 3. The van der Waals surface area contributed by atoms with E-state index < -0.39 is 24.3 Å². The van der Waals surface area contributed by atoms with Crippen molar-refractivity contribution in [2.24, 2.45) is 5.92 Å². The summed E-state index contributed by atoms with van der Waals surface area (Å²) in [4.78, 5) is 23.2. The van der Waals surface area contributed by atoms with Gasteiger partial charge in [-0.1, -0.05) is 6.92 Å². The summed E-state index contributed by atoms with van der Waals surface area (Å²) in [6, 6.07) is 2.90. The molecule has 0 spiro atoms. The Morgan fingerprint density at radius 2 is 2.06 bits per heavy atom. The minimum atomic E-state index is -4.57. The molecule has 0 aliphatic heterocycles. The first-order valence-corrected chi connectivity index (χ1v) is 11.6. The molecular formula is C23H24F3N3O4S. The minimum Gasteiger partial charge on any atom is -0.489 e. The molecule has 1 N–H and O–H groups in total. The molecule has 182 valence electrons. The maximum Gasteiger partial charge on any atom is 0.416 e. The molecule has 1 aliphatic carbocycles. The van der Waals surface area contributed by atoms with E-state index >= 15 is 0 Å². The predicted molar refractivity (Wildman–Crippen MR) is 122 cm³/mol. The minimum absolute atomic E-state index is 0.101. The monoisotopic (exact) mass is 495 g/mol. The number of methoxy groups -OCH3 is 1. The number of nitrogens with one attached hydrogen (secondary N) is 1. The lowest BCUT2D eigenvalue weighted by Gasteiger charge is -2.18. The molecule has 2 heterocycles. The van der Waals surface area contributed by atoms with Crippen LogP contribution in [-0.4, -0.2) is 42.8 Å². The van der Waals surface area contributed by atoms with Crippen LogP contribution in [0.1, 0.15) is 29.3 Å². The Labute approximate surface area is 198 Å². The first-order chi connectivity index (χ1) is 16.3. The third kappa shape index (κ3) is 5.41. The summed E-state index contributed by atoms with van der Waals surface area (Å²) in [6.07, 6.45) is -0.274. The van der Waals surface area contributed by atoms with Crippen molar-refractivity contribution in [1.29, 1.82) is 0 Å². The van der Waals surface area contributed by atoms with E-state index in [1.165, 1.54) is 24.4 Å². The predicted octanol–water partition coefficient (Wildman–Crippen LogP) is 4.88. The average Bonchev–Trinajstić information content (AvgIpc) is 3.16. The molecule has 1 aliphatic rings. The van der Waals surface area contributed by atoms with Gasteiger partial charge in [0.1, 0.15) is 23.5 Å². The van der Waals surface area contributed by atoms with Crippen molar-refractivity contribution in [3.05, 3.63) is 40.5 Å². The topological polar surface area (TPSA) is 82.6 Å². The van der Waals surface area contributed by atoms with E-state index in [0.29, 0.717) is 11.8 Å². The lowest BCUT2D eigenvalue weighted by atomic mass is 9.89. The van der Waals surface area contributed by atoms with Crippen LogP contribution in [0.2, 0.25) is 0 Å². The molecule has 7 nitrogen and oxygen atoms in total. The van der Waals surface area contributed by atoms with Gasteiger partial charge in [-0.15, -0.1) is 11.3 Å². The second-order valence-electron chi connectivity index (χ2n) is 8.10. The molecule has 3 aromatic rings. The molecule has 4 rings (SSSR count). The van der Waals surface area contributed by atoms with Crippen molar-refractivity contribution in [3.8, 4) is 11.6 Å². The van der Waals surface area contributed by atoms with Crippen LogP contribution in [-0.2, 0) is 28.5 Å².